The zero-order chi connectivity index (χ0) is 22.5. The van der Waals surface area contributed by atoms with Crippen molar-refractivity contribution in [1.82, 2.24) is 10.3 Å². The fourth-order valence-electron chi connectivity index (χ4n) is 3.18. The summed E-state index contributed by atoms with van der Waals surface area (Å²) in [4.78, 5) is 42.0. The quantitative estimate of drug-likeness (QED) is 0.287. The average molecular weight is 464 g/mol. The van der Waals surface area contributed by atoms with E-state index in [2.05, 4.69) is 15.6 Å². The number of thiocarbonyl (C=S) groups is 1. The minimum atomic E-state index is -0.590. The molecule has 1 saturated heterocycles. The van der Waals surface area contributed by atoms with Gasteiger partial charge in [0.1, 0.15) is 10.6 Å². The molecule has 0 spiro atoms. The van der Waals surface area contributed by atoms with Gasteiger partial charge in [0, 0.05) is 24.7 Å². The van der Waals surface area contributed by atoms with Gasteiger partial charge in [0.05, 0.1) is 17.2 Å². The number of esters is 1. The number of hydrogen-bond donors (Lipinski definition) is 2. The van der Waals surface area contributed by atoms with Crippen molar-refractivity contribution in [3.05, 3.63) is 44.4 Å². The largest absolute Gasteiger partial charge is 0.462 e. The molecule has 1 aromatic carbocycles. The standard InChI is InChI=1S/C19H21N5O5S2/c1-3-29-17(26)15-11(2)20-19(31-15)22-18(30)21-16(25)12-6-7-13(14(10-12)24(27)28)23-8-4-5-9-23/h6-7,10H,3-5,8-9H2,1-2H3,(H2,20,21,22,25,30). The number of rotatable bonds is 6. The van der Waals surface area contributed by atoms with Gasteiger partial charge in [-0.15, -0.1) is 0 Å². The molecule has 0 bridgehead atoms. The molecule has 1 amide bonds. The van der Waals surface area contributed by atoms with E-state index < -0.39 is 16.8 Å². The van der Waals surface area contributed by atoms with E-state index in [0.29, 0.717) is 21.4 Å². The van der Waals surface area contributed by atoms with E-state index in [9.17, 15) is 19.7 Å². The summed E-state index contributed by atoms with van der Waals surface area (Å²) in [5.41, 5.74) is 0.974. The van der Waals surface area contributed by atoms with Gasteiger partial charge in [-0.1, -0.05) is 11.3 Å². The monoisotopic (exact) mass is 463 g/mol. The van der Waals surface area contributed by atoms with Gasteiger partial charge in [-0.05, 0) is 51.0 Å². The van der Waals surface area contributed by atoms with Crippen LogP contribution in [0.4, 0.5) is 16.5 Å². The molecule has 0 saturated carbocycles. The van der Waals surface area contributed by atoms with Gasteiger partial charge in [-0.2, -0.15) is 0 Å². The molecule has 12 heteroatoms. The van der Waals surface area contributed by atoms with Crippen molar-refractivity contribution in [2.45, 2.75) is 26.7 Å². The topological polar surface area (TPSA) is 127 Å². The number of benzene rings is 1. The summed E-state index contributed by atoms with van der Waals surface area (Å²) in [7, 11) is 0. The molecule has 3 rings (SSSR count). The van der Waals surface area contributed by atoms with Gasteiger partial charge in [0.25, 0.3) is 11.6 Å². The van der Waals surface area contributed by atoms with Gasteiger partial charge in [0.15, 0.2) is 10.2 Å². The highest BCUT2D eigenvalue weighted by Gasteiger charge is 2.24. The molecule has 1 fully saturated rings. The number of carbonyl (C=O) groups excluding carboxylic acids is 2. The van der Waals surface area contributed by atoms with E-state index >= 15 is 0 Å². The average Bonchev–Trinajstić information content (AvgIpc) is 3.37. The second-order valence-electron chi connectivity index (χ2n) is 6.72. The van der Waals surface area contributed by atoms with Gasteiger partial charge in [-0.25, -0.2) is 9.78 Å². The summed E-state index contributed by atoms with van der Waals surface area (Å²) >= 11 is 6.20. The Morgan fingerprint density at radius 2 is 2.06 bits per heavy atom. The molecule has 2 heterocycles. The normalized spacial score (nSPS) is 13.0. The number of nitro benzene ring substituents is 1. The summed E-state index contributed by atoms with van der Waals surface area (Å²) < 4.78 is 4.97. The fourth-order valence-corrected chi connectivity index (χ4v) is 4.29. The van der Waals surface area contributed by atoms with Crippen LogP contribution >= 0.6 is 23.6 Å². The fraction of sp³-hybridized carbons (Fsp3) is 0.368. The first-order valence-corrected chi connectivity index (χ1v) is 10.8. The Morgan fingerprint density at radius 3 is 2.71 bits per heavy atom. The molecule has 2 aromatic rings. The van der Waals surface area contributed by atoms with Crippen molar-refractivity contribution in [3.8, 4) is 0 Å². The number of ether oxygens (including phenoxy) is 1. The van der Waals surface area contributed by atoms with Gasteiger partial charge in [0.2, 0.25) is 0 Å². The number of hydrogen-bond acceptors (Lipinski definition) is 9. The molecular weight excluding hydrogens is 442 g/mol. The van der Waals surface area contributed by atoms with Crippen LogP contribution in [-0.2, 0) is 4.74 Å². The molecule has 2 N–H and O–H groups in total. The Labute approximate surface area is 187 Å². The molecule has 0 aliphatic carbocycles. The third kappa shape index (κ3) is 5.33. The number of amides is 1. The van der Waals surface area contributed by atoms with Crippen LogP contribution in [-0.4, -0.2) is 46.6 Å². The van der Waals surface area contributed by atoms with Crippen LogP contribution in [0.15, 0.2) is 18.2 Å². The number of carbonyl (C=O) groups is 2. The summed E-state index contributed by atoms with van der Waals surface area (Å²) in [6.07, 6.45) is 1.96. The van der Waals surface area contributed by atoms with E-state index in [1.165, 1.54) is 12.1 Å². The number of aromatic nitrogens is 1. The SMILES string of the molecule is CCOC(=O)c1sc(NC(=S)NC(=O)c2ccc(N3CCCC3)c([N+](=O)[O-])c2)nc1C. The molecule has 31 heavy (non-hydrogen) atoms. The second-order valence-corrected chi connectivity index (χ2v) is 8.12. The first-order valence-electron chi connectivity index (χ1n) is 9.60. The maximum Gasteiger partial charge on any atom is 0.350 e. The van der Waals surface area contributed by atoms with Crippen LogP contribution in [0.25, 0.3) is 0 Å². The van der Waals surface area contributed by atoms with Crippen LogP contribution in [0.3, 0.4) is 0 Å². The second kappa shape index (κ2) is 9.79. The van der Waals surface area contributed by atoms with Crippen LogP contribution in [0.1, 0.15) is 45.5 Å². The van der Waals surface area contributed by atoms with E-state index in [4.69, 9.17) is 17.0 Å². The summed E-state index contributed by atoms with van der Waals surface area (Å²) in [6, 6.07) is 4.37. The van der Waals surface area contributed by atoms with E-state index in [-0.39, 0.29) is 23.0 Å². The number of nitro groups is 1. The van der Waals surface area contributed by atoms with E-state index in [0.717, 1.165) is 37.3 Å². The Hall–Kier alpha value is -3.12. The number of aryl methyl sites for hydroxylation is 1. The first-order chi connectivity index (χ1) is 14.8. The molecule has 0 unspecified atom stereocenters. The summed E-state index contributed by atoms with van der Waals surface area (Å²) in [5, 5.41) is 17.0. The molecule has 164 valence electrons. The summed E-state index contributed by atoms with van der Waals surface area (Å²) in [6.45, 7) is 5.12. The molecular formula is C19H21N5O5S2. The Kier molecular flexibility index (Phi) is 7.13. The Bertz CT molecular complexity index is 1030. The van der Waals surface area contributed by atoms with Crippen LogP contribution < -0.4 is 15.5 Å². The van der Waals surface area contributed by atoms with Crippen LogP contribution in [0.5, 0.6) is 0 Å². The number of nitrogens with zero attached hydrogens (tertiary/aromatic N) is 3. The highest BCUT2D eigenvalue weighted by atomic mass is 32.1. The van der Waals surface area contributed by atoms with Gasteiger partial charge < -0.3 is 15.0 Å². The predicted octanol–water partition coefficient (Wildman–Crippen LogP) is 3.26. The van der Waals surface area contributed by atoms with Gasteiger partial charge >= 0.3 is 5.97 Å². The van der Waals surface area contributed by atoms with Crippen molar-refractivity contribution in [3.63, 3.8) is 0 Å². The number of anilines is 2. The van der Waals surface area contributed by atoms with Crippen molar-refractivity contribution in [2.75, 3.05) is 29.9 Å². The van der Waals surface area contributed by atoms with Crippen molar-refractivity contribution < 1.29 is 19.2 Å². The minimum absolute atomic E-state index is 0.0413. The van der Waals surface area contributed by atoms with E-state index in [1.807, 2.05) is 4.90 Å². The smallest absolute Gasteiger partial charge is 0.350 e. The lowest BCUT2D eigenvalue weighted by Gasteiger charge is -2.17. The third-order valence-electron chi connectivity index (χ3n) is 4.59. The van der Waals surface area contributed by atoms with Crippen molar-refractivity contribution in [1.29, 1.82) is 0 Å². The lowest BCUT2D eigenvalue weighted by atomic mass is 10.1. The molecule has 1 aliphatic rings. The van der Waals surface area contributed by atoms with Gasteiger partial charge in [-0.3, -0.25) is 20.2 Å². The number of thiazole rings is 1. The minimum Gasteiger partial charge on any atom is -0.462 e. The zero-order valence-electron chi connectivity index (χ0n) is 17.0. The molecule has 0 atom stereocenters. The lowest BCUT2D eigenvalue weighted by Crippen LogP contribution is -2.34. The third-order valence-corrected chi connectivity index (χ3v) is 5.84. The lowest BCUT2D eigenvalue weighted by molar-refractivity contribution is -0.384. The summed E-state index contributed by atoms with van der Waals surface area (Å²) in [5.74, 6) is -1.07. The molecule has 1 aromatic heterocycles. The molecule has 10 nitrogen and oxygen atoms in total. The number of nitrogens with one attached hydrogen (secondary N) is 2. The highest BCUT2D eigenvalue weighted by Crippen LogP contribution is 2.31. The van der Waals surface area contributed by atoms with Crippen molar-refractivity contribution in [2.24, 2.45) is 0 Å². The highest BCUT2D eigenvalue weighted by molar-refractivity contribution is 7.80. The van der Waals surface area contributed by atoms with Crippen molar-refractivity contribution >= 4 is 57.0 Å². The maximum absolute atomic E-state index is 12.6. The van der Waals surface area contributed by atoms with Crippen LogP contribution in [0, 0.1) is 17.0 Å². The zero-order valence-corrected chi connectivity index (χ0v) is 18.6. The Balaban J connectivity index is 1.69. The Morgan fingerprint density at radius 1 is 1.35 bits per heavy atom. The predicted molar refractivity (Wildman–Crippen MR) is 121 cm³/mol. The van der Waals surface area contributed by atoms with Crippen LogP contribution in [0.2, 0.25) is 0 Å². The van der Waals surface area contributed by atoms with E-state index in [1.54, 1.807) is 19.9 Å². The first kappa shape index (κ1) is 22.6. The maximum atomic E-state index is 12.6. The molecule has 0 radical (unpaired) electrons. The molecule has 1 aliphatic heterocycles.